The Morgan fingerprint density at radius 3 is 2.33 bits per heavy atom. The number of ether oxygens (including phenoxy) is 1. The van der Waals surface area contributed by atoms with Crippen LogP contribution < -0.4 is 5.32 Å². The van der Waals surface area contributed by atoms with Crippen molar-refractivity contribution >= 4 is 39.2 Å². The number of methoxy groups -OCH3 is 1. The highest BCUT2D eigenvalue weighted by Gasteiger charge is 2.31. The third-order valence-corrected chi connectivity index (χ3v) is 3.30. The number of hydrogen-bond donors (Lipinski definition) is 1. The van der Waals surface area contributed by atoms with Crippen molar-refractivity contribution < 1.29 is 19.2 Å². The molecule has 21 heavy (non-hydrogen) atoms. The molecular weight excluding hydrogens is 344 g/mol. The first-order chi connectivity index (χ1) is 9.59. The molecule has 1 aromatic carbocycles. The lowest BCUT2D eigenvalue weighted by molar-refractivity contribution is -0.384. The second kappa shape index (κ2) is 6.21. The van der Waals surface area contributed by atoms with E-state index in [0.717, 1.165) is 7.11 Å². The first-order valence-corrected chi connectivity index (χ1v) is 6.75. The second-order valence-corrected chi connectivity index (χ2v) is 6.13. The van der Waals surface area contributed by atoms with Gasteiger partial charge in [-0.1, -0.05) is 20.8 Å². The number of halogens is 1. The Labute approximate surface area is 129 Å². The molecule has 0 atom stereocenters. The number of nitrogens with one attached hydrogen (secondary N) is 1. The molecule has 1 rings (SSSR count). The minimum Gasteiger partial charge on any atom is -0.465 e. The number of rotatable bonds is 3. The number of benzene rings is 1. The number of carbonyl (C=O) groups excluding carboxylic acids is 2. The summed E-state index contributed by atoms with van der Waals surface area (Å²) in [5.41, 5.74) is -1.54. The fourth-order valence-corrected chi connectivity index (χ4v) is 1.87. The number of anilines is 1. The van der Waals surface area contributed by atoms with E-state index in [1.807, 2.05) is 0 Å². The zero-order valence-electron chi connectivity index (χ0n) is 12.0. The van der Waals surface area contributed by atoms with E-state index in [-0.39, 0.29) is 11.3 Å². The summed E-state index contributed by atoms with van der Waals surface area (Å²) in [5, 5.41) is 13.8. The number of carbonyl (C=O) groups is 2. The highest BCUT2D eigenvalue weighted by molar-refractivity contribution is 9.10. The highest BCUT2D eigenvalue weighted by Crippen LogP contribution is 2.37. The molecule has 1 amide bonds. The Balaban J connectivity index is 3.46. The predicted molar refractivity (Wildman–Crippen MR) is 80.2 cm³/mol. The fraction of sp³-hybridized carbons (Fsp3) is 0.385. The van der Waals surface area contributed by atoms with Gasteiger partial charge in [0.1, 0.15) is 11.3 Å². The van der Waals surface area contributed by atoms with E-state index in [2.05, 4.69) is 26.0 Å². The van der Waals surface area contributed by atoms with Crippen LogP contribution in [0.4, 0.5) is 11.4 Å². The maximum atomic E-state index is 12.0. The summed E-state index contributed by atoms with van der Waals surface area (Å²) in [6.45, 7) is 5.02. The first-order valence-electron chi connectivity index (χ1n) is 5.96. The molecule has 0 saturated carbocycles. The minimum absolute atomic E-state index is 0.0668. The molecule has 0 radical (unpaired) electrons. The van der Waals surface area contributed by atoms with Gasteiger partial charge in [-0.05, 0) is 28.1 Å². The Bertz CT molecular complexity index is 607. The number of nitrogens with zero attached hydrogens (tertiary/aromatic N) is 1. The van der Waals surface area contributed by atoms with E-state index < -0.39 is 27.9 Å². The van der Waals surface area contributed by atoms with Gasteiger partial charge in [-0.3, -0.25) is 14.9 Å². The van der Waals surface area contributed by atoms with Crippen LogP contribution >= 0.6 is 15.9 Å². The molecule has 1 aromatic rings. The second-order valence-electron chi connectivity index (χ2n) is 5.27. The van der Waals surface area contributed by atoms with Gasteiger partial charge in [-0.2, -0.15) is 0 Å². The summed E-state index contributed by atoms with van der Waals surface area (Å²) < 4.78 is 4.83. The molecule has 0 spiro atoms. The van der Waals surface area contributed by atoms with Crippen LogP contribution in [0.3, 0.4) is 0 Å². The maximum absolute atomic E-state index is 12.0. The SMILES string of the molecule is COC(=O)c1ccc(Br)c(NC(=O)C(C)(C)C)c1[N+](=O)[O-]. The molecule has 0 saturated heterocycles. The molecule has 0 aliphatic carbocycles. The smallest absolute Gasteiger partial charge is 0.344 e. The zero-order chi connectivity index (χ0) is 16.4. The van der Waals surface area contributed by atoms with Crippen molar-refractivity contribution in [3.05, 3.63) is 32.3 Å². The van der Waals surface area contributed by atoms with Crippen LogP contribution in [-0.2, 0) is 9.53 Å². The summed E-state index contributed by atoms with van der Waals surface area (Å²) >= 11 is 3.14. The topological polar surface area (TPSA) is 98.5 Å². The Morgan fingerprint density at radius 1 is 1.33 bits per heavy atom. The third-order valence-electron chi connectivity index (χ3n) is 2.63. The van der Waals surface area contributed by atoms with Gasteiger partial charge < -0.3 is 10.1 Å². The summed E-state index contributed by atoms with van der Waals surface area (Å²) in [5.74, 6) is -1.26. The van der Waals surface area contributed by atoms with Gasteiger partial charge in [0, 0.05) is 9.89 Å². The van der Waals surface area contributed by atoms with E-state index in [0.29, 0.717) is 4.47 Å². The molecule has 0 aliphatic rings. The van der Waals surface area contributed by atoms with Gasteiger partial charge in [-0.25, -0.2) is 4.79 Å². The van der Waals surface area contributed by atoms with E-state index >= 15 is 0 Å². The number of hydrogen-bond acceptors (Lipinski definition) is 5. The number of nitro groups is 1. The molecule has 0 unspecified atom stereocenters. The summed E-state index contributed by atoms with van der Waals surface area (Å²) in [7, 11) is 1.13. The Kier molecular flexibility index (Phi) is 5.06. The molecule has 114 valence electrons. The summed E-state index contributed by atoms with van der Waals surface area (Å²) in [6, 6.07) is 2.71. The van der Waals surface area contributed by atoms with E-state index in [4.69, 9.17) is 0 Å². The van der Waals surface area contributed by atoms with E-state index in [9.17, 15) is 19.7 Å². The summed E-state index contributed by atoms with van der Waals surface area (Å²) in [4.78, 5) is 34.2. The molecule has 7 nitrogen and oxygen atoms in total. The van der Waals surface area contributed by atoms with Gasteiger partial charge >= 0.3 is 11.7 Å². The zero-order valence-corrected chi connectivity index (χ0v) is 13.6. The molecule has 0 aliphatic heterocycles. The van der Waals surface area contributed by atoms with Crippen molar-refractivity contribution in [1.82, 2.24) is 0 Å². The standard InChI is InChI=1S/C13H15BrN2O5/c1-13(2,3)12(18)15-9-8(14)6-5-7(11(17)21-4)10(9)16(19)20/h5-6H,1-4H3,(H,15,18). The maximum Gasteiger partial charge on any atom is 0.344 e. The van der Waals surface area contributed by atoms with E-state index in [1.54, 1.807) is 20.8 Å². The lowest BCUT2D eigenvalue weighted by atomic mass is 9.95. The van der Waals surface area contributed by atoms with Crippen molar-refractivity contribution in [2.45, 2.75) is 20.8 Å². The van der Waals surface area contributed by atoms with Gasteiger partial charge in [0.25, 0.3) is 0 Å². The Morgan fingerprint density at radius 2 is 1.90 bits per heavy atom. The largest absolute Gasteiger partial charge is 0.465 e. The molecule has 0 fully saturated rings. The van der Waals surface area contributed by atoms with Crippen molar-refractivity contribution in [2.24, 2.45) is 5.41 Å². The Hall–Kier alpha value is -1.96. The van der Waals surface area contributed by atoms with Crippen LogP contribution in [0.5, 0.6) is 0 Å². The van der Waals surface area contributed by atoms with Crippen molar-refractivity contribution in [1.29, 1.82) is 0 Å². The van der Waals surface area contributed by atoms with E-state index in [1.165, 1.54) is 12.1 Å². The average Bonchev–Trinajstić information content (AvgIpc) is 2.38. The molecule has 0 aromatic heterocycles. The average molecular weight is 359 g/mol. The summed E-state index contributed by atoms with van der Waals surface area (Å²) in [6.07, 6.45) is 0. The van der Waals surface area contributed by atoms with Crippen LogP contribution in [0.1, 0.15) is 31.1 Å². The molecule has 0 bridgehead atoms. The molecule has 0 heterocycles. The fourth-order valence-electron chi connectivity index (χ4n) is 1.45. The number of nitro benzene ring substituents is 1. The van der Waals surface area contributed by atoms with Gasteiger partial charge in [0.2, 0.25) is 5.91 Å². The monoisotopic (exact) mass is 358 g/mol. The molecular formula is C13H15BrN2O5. The first kappa shape index (κ1) is 17.1. The van der Waals surface area contributed by atoms with Crippen LogP contribution in [0.15, 0.2) is 16.6 Å². The number of esters is 1. The lowest BCUT2D eigenvalue weighted by Crippen LogP contribution is -2.28. The van der Waals surface area contributed by atoms with Gasteiger partial charge in [-0.15, -0.1) is 0 Å². The van der Waals surface area contributed by atoms with Gasteiger partial charge in [0.05, 0.1) is 12.0 Å². The lowest BCUT2D eigenvalue weighted by Gasteiger charge is -2.18. The van der Waals surface area contributed by atoms with Crippen LogP contribution in [0.2, 0.25) is 0 Å². The third kappa shape index (κ3) is 3.78. The van der Waals surface area contributed by atoms with Crippen LogP contribution in [-0.4, -0.2) is 23.9 Å². The number of amides is 1. The highest BCUT2D eigenvalue weighted by atomic mass is 79.9. The minimum atomic E-state index is -0.847. The van der Waals surface area contributed by atoms with Crippen molar-refractivity contribution in [2.75, 3.05) is 12.4 Å². The molecule has 8 heteroatoms. The quantitative estimate of drug-likeness (QED) is 0.508. The molecule has 1 N–H and O–H groups in total. The van der Waals surface area contributed by atoms with Crippen LogP contribution in [0.25, 0.3) is 0 Å². The van der Waals surface area contributed by atoms with Crippen molar-refractivity contribution in [3.63, 3.8) is 0 Å². The van der Waals surface area contributed by atoms with Crippen molar-refractivity contribution in [3.8, 4) is 0 Å². The predicted octanol–water partition coefficient (Wildman–Crippen LogP) is 3.13. The van der Waals surface area contributed by atoms with Crippen LogP contribution in [0, 0.1) is 15.5 Å². The normalized spacial score (nSPS) is 10.9. The van der Waals surface area contributed by atoms with Gasteiger partial charge in [0.15, 0.2) is 0 Å².